The van der Waals surface area contributed by atoms with Crippen LogP contribution in [0.4, 0.5) is 0 Å². The highest BCUT2D eigenvalue weighted by Crippen LogP contribution is 2.30. The van der Waals surface area contributed by atoms with Crippen LogP contribution in [0.15, 0.2) is 42.5 Å². The summed E-state index contributed by atoms with van der Waals surface area (Å²) in [6.07, 6.45) is 2.30. The number of fused-ring (bicyclic) bond motifs is 1. The van der Waals surface area contributed by atoms with Gasteiger partial charge in [0.15, 0.2) is 0 Å². The van der Waals surface area contributed by atoms with Gasteiger partial charge >= 0.3 is 0 Å². The molecule has 1 unspecified atom stereocenters. The normalized spacial score (nSPS) is 17.0. The Labute approximate surface area is 114 Å². The molecule has 19 heavy (non-hydrogen) atoms. The molecule has 0 heterocycles. The summed E-state index contributed by atoms with van der Waals surface area (Å²) < 4.78 is 0. The standard InChI is InChI=1S/C17H21NO/c1-18(11-13-9-10-13)12-17(19)16-8-4-6-14-5-2-3-7-15(14)16/h2-8,13,17,19H,9-12H2,1H3. The lowest BCUT2D eigenvalue weighted by Crippen LogP contribution is -2.26. The van der Waals surface area contributed by atoms with E-state index in [9.17, 15) is 5.11 Å². The molecule has 100 valence electrons. The van der Waals surface area contributed by atoms with Crippen molar-refractivity contribution in [3.63, 3.8) is 0 Å². The fourth-order valence-corrected chi connectivity index (χ4v) is 2.75. The van der Waals surface area contributed by atoms with E-state index in [1.807, 2.05) is 24.3 Å². The molecular weight excluding hydrogens is 234 g/mol. The van der Waals surface area contributed by atoms with Crippen LogP contribution >= 0.6 is 0 Å². The fourth-order valence-electron chi connectivity index (χ4n) is 2.75. The molecule has 3 rings (SSSR count). The van der Waals surface area contributed by atoms with Crippen LogP contribution in [0.3, 0.4) is 0 Å². The smallest absolute Gasteiger partial charge is 0.0922 e. The molecule has 2 heteroatoms. The SMILES string of the molecule is CN(CC1CC1)CC(O)c1cccc2ccccc12. The highest BCUT2D eigenvalue weighted by Gasteiger charge is 2.24. The van der Waals surface area contributed by atoms with E-state index >= 15 is 0 Å². The summed E-state index contributed by atoms with van der Waals surface area (Å²) in [4.78, 5) is 2.25. The van der Waals surface area contributed by atoms with Crippen LogP contribution in [0.5, 0.6) is 0 Å². The second-order valence-corrected chi connectivity index (χ2v) is 5.75. The zero-order chi connectivity index (χ0) is 13.2. The Hall–Kier alpha value is -1.38. The molecule has 0 spiro atoms. The molecule has 1 fully saturated rings. The van der Waals surface area contributed by atoms with E-state index in [4.69, 9.17) is 0 Å². The van der Waals surface area contributed by atoms with Gasteiger partial charge in [0.2, 0.25) is 0 Å². The zero-order valence-corrected chi connectivity index (χ0v) is 11.4. The first-order valence-corrected chi connectivity index (χ1v) is 7.08. The molecule has 0 radical (unpaired) electrons. The molecule has 0 amide bonds. The van der Waals surface area contributed by atoms with E-state index in [0.717, 1.165) is 23.4 Å². The zero-order valence-electron chi connectivity index (χ0n) is 11.4. The number of aliphatic hydroxyl groups is 1. The van der Waals surface area contributed by atoms with Crippen LogP contribution in [-0.4, -0.2) is 30.1 Å². The summed E-state index contributed by atoms with van der Waals surface area (Å²) in [5.41, 5.74) is 1.04. The maximum Gasteiger partial charge on any atom is 0.0922 e. The Morgan fingerprint density at radius 2 is 1.89 bits per heavy atom. The third kappa shape index (κ3) is 2.96. The highest BCUT2D eigenvalue weighted by molar-refractivity contribution is 5.85. The van der Waals surface area contributed by atoms with Crippen molar-refractivity contribution in [2.75, 3.05) is 20.1 Å². The van der Waals surface area contributed by atoms with Crippen LogP contribution in [-0.2, 0) is 0 Å². The van der Waals surface area contributed by atoms with Crippen molar-refractivity contribution in [1.82, 2.24) is 4.90 Å². The van der Waals surface area contributed by atoms with Crippen molar-refractivity contribution in [2.24, 2.45) is 5.92 Å². The predicted molar refractivity (Wildman–Crippen MR) is 79.1 cm³/mol. The Balaban J connectivity index is 1.78. The molecule has 0 saturated heterocycles. The Morgan fingerprint density at radius 3 is 2.68 bits per heavy atom. The van der Waals surface area contributed by atoms with Crippen LogP contribution in [0.25, 0.3) is 10.8 Å². The molecule has 0 aliphatic heterocycles. The summed E-state index contributed by atoms with van der Waals surface area (Å²) >= 11 is 0. The van der Waals surface area contributed by atoms with Gasteiger partial charge in [-0.2, -0.15) is 0 Å². The third-order valence-electron chi connectivity index (χ3n) is 3.93. The quantitative estimate of drug-likeness (QED) is 0.886. The Morgan fingerprint density at radius 1 is 1.16 bits per heavy atom. The number of nitrogens with zero attached hydrogens (tertiary/aromatic N) is 1. The molecule has 0 bridgehead atoms. The van der Waals surface area contributed by atoms with E-state index in [-0.39, 0.29) is 0 Å². The topological polar surface area (TPSA) is 23.5 Å². The molecule has 1 aliphatic rings. The second-order valence-electron chi connectivity index (χ2n) is 5.75. The summed E-state index contributed by atoms with van der Waals surface area (Å²) in [5.74, 6) is 0.865. The van der Waals surface area contributed by atoms with Gasteiger partial charge in [0.25, 0.3) is 0 Å². The van der Waals surface area contributed by atoms with Gasteiger partial charge in [0.05, 0.1) is 6.10 Å². The first-order chi connectivity index (χ1) is 9.24. The van der Waals surface area contributed by atoms with Crippen molar-refractivity contribution >= 4 is 10.8 Å². The van der Waals surface area contributed by atoms with Crippen LogP contribution in [0.1, 0.15) is 24.5 Å². The van der Waals surface area contributed by atoms with E-state index in [2.05, 4.69) is 30.1 Å². The van der Waals surface area contributed by atoms with E-state index in [0.29, 0.717) is 6.54 Å². The average molecular weight is 255 g/mol. The van der Waals surface area contributed by atoms with E-state index in [1.165, 1.54) is 18.2 Å². The number of benzene rings is 2. The number of hydrogen-bond acceptors (Lipinski definition) is 2. The molecule has 2 aromatic carbocycles. The van der Waals surface area contributed by atoms with Crippen molar-refractivity contribution in [1.29, 1.82) is 0 Å². The Kier molecular flexibility index (Phi) is 3.54. The lowest BCUT2D eigenvalue weighted by Gasteiger charge is -2.21. The first-order valence-electron chi connectivity index (χ1n) is 7.08. The van der Waals surface area contributed by atoms with Crippen molar-refractivity contribution in [2.45, 2.75) is 18.9 Å². The van der Waals surface area contributed by atoms with Crippen molar-refractivity contribution < 1.29 is 5.11 Å². The van der Waals surface area contributed by atoms with E-state index < -0.39 is 6.10 Å². The number of likely N-dealkylation sites (N-methyl/N-ethyl adjacent to an activating group) is 1. The summed E-state index contributed by atoms with van der Waals surface area (Å²) in [6.45, 7) is 1.83. The van der Waals surface area contributed by atoms with Gasteiger partial charge in [0, 0.05) is 13.1 Å². The monoisotopic (exact) mass is 255 g/mol. The number of aliphatic hydroxyl groups excluding tert-OH is 1. The molecule has 2 nitrogen and oxygen atoms in total. The average Bonchev–Trinajstić information content (AvgIpc) is 3.21. The molecule has 1 N–H and O–H groups in total. The maximum absolute atomic E-state index is 10.5. The molecular formula is C17H21NO. The summed E-state index contributed by atoms with van der Waals surface area (Å²) in [6, 6.07) is 14.4. The van der Waals surface area contributed by atoms with Gasteiger partial charge in [0.1, 0.15) is 0 Å². The van der Waals surface area contributed by atoms with Gasteiger partial charge in [-0.1, -0.05) is 42.5 Å². The highest BCUT2D eigenvalue weighted by atomic mass is 16.3. The lowest BCUT2D eigenvalue weighted by atomic mass is 10.00. The van der Waals surface area contributed by atoms with Crippen LogP contribution in [0.2, 0.25) is 0 Å². The second kappa shape index (κ2) is 5.32. The molecule has 0 aromatic heterocycles. The van der Waals surface area contributed by atoms with Gasteiger partial charge in [-0.15, -0.1) is 0 Å². The maximum atomic E-state index is 10.5. The first kappa shape index (κ1) is 12.6. The molecule has 2 aromatic rings. The minimum atomic E-state index is -0.408. The van der Waals surface area contributed by atoms with Gasteiger partial charge < -0.3 is 10.0 Å². The minimum absolute atomic E-state index is 0.408. The predicted octanol–water partition coefficient (Wildman–Crippen LogP) is 3.22. The fraction of sp³-hybridized carbons (Fsp3) is 0.412. The summed E-state index contributed by atoms with van der Waals surface area (Å²) in [7, 11) is 2.10. The minimum Gasteiger partial charge on any atom is -0.387 e. The molecule has 1 atom stereocenters. The lowest BCUT2D eigenvalue weighted by molar-refractivity contribution is 0.126. The number of hydrogen-bond donors (Lipinski definition) is 1. The van der Waals surface area contributed by atoms with Gasteiger partial charge in [-0.05, 0) is 42.1 Å². The number of rotatable bonds is 5. The van der Waals surface area contributed by atoms with Crippen molar-refractivity contribution in [3.05, 3.63) is 48.0 Å². The molecule has 1 aliphatic carbocycles. The van der Waals surface area contributed by atoms with Crippen LogP contribution < -0.4 is 0 Å². The van der Waals surface area contributed by atoms with Gasteiger partial charge in [-0.3, -0.25) is 0 Å². The molecule has 1 saturated carbocycles. The Bertz CT molecular complexity index is 557. The third-order valence-corrected chi connectivity index (χ3v) is 3.93. The van der Waals surface area contributed by atoms with Gasteiger partial charge in [-0.25, -0.2) is 0 Å². The van der Waals surface area contributed by atoms with E-state index in [1.54, 1.807) is 0 Å². The largest absolute Gasteiger partial charge is 0.387 e. The van der Waals surface area contributed by atoms with Crippen molar-refractivity contribution in [3.8, 4) is 0 Å². The van der Waals surface area contributed by atoms with Crippen LogP contribution in [0, 0.1) is 5.92 Å². The summed E-state index contributed by atoms with van der Waals surface area (Å²) in [5, 5.41) is 12.8.